The van der Waals surface area contributed by atoms with Crippen molar-refractivity contribution in [3.8, 4) is 0 Å². The predicted molar refractivity (Wildman–Crippen MR) is 58.0 cm³/mol. The van der Waals surface area contributed by atoms with Crippen molar-refractivity contribution in [3.05, 3.63) is 47.5 Å². The van der Waals surface area contributed by atoms with E-state index in [0.717, 1.165) is 18.4 Å². The fraction of sp³-hybridized carbons (Fsp3) is 0.385. The third-order valence-corrected chi connectivity index (χ3v) is 2.98. The van der Waals surface area contributed by atoms with Gasteiger partial charge in [-0.2, -0.15) is 0 Å². The van der Waals surface area contributed by atoms with Gasteiger partial charge in [0.2, 0.25) is 0 Å². The van der Waals surface area contributed by atoms with Gasteiger partial charge in [0.05, 0.1) is 6.10 Å². The van der Waals surface area contributed by atoms with Crippen LogP contribution in [-0.4, -0.2) is 5.11 Å². The molecule has 0 heterocycles. The zero-order valence-electron chi connectivity index (χ0n) is 8.48. The van der Waals surface area contributed by atoms with E-state index in [0.29, 0.717) is 5.92 Å². The maximum absolute atomic E-state index is 10.0. The molecule has 1 aromatic rings. The van der Waals surface area contributed by atoms with E-state index in [-0.39, 0.29) is 6.10 Å². The van der Waals surface area contributed by atoms with Gasteiger partial charge in [-0.15, -0.1) is 0 Å². The lowest BCUT2D eigenvalue weighted by Crippen LogP contribution is -2.05. The molecule has 1 aromatic carbocycles. The molecular weight excluding hydrogens is 172 g/mol. The maximum Gasteiger partial charge on any atom is 0.0827 e. The van der Waals surface area contributed by atoms with Gasteiger partial charge in [-0.1, -0.05) is 36.4 Å². The molecule has 14 heavy (non-hydrogen) atoms. The highest BCUT2D eigenvalue weighted by Crippen LogP contribution is 2.37. The first-order valence-corrected chi connectivity index (χ1v) is 5.20. The van der Waals surface area contributed by atoms with Crippen LogP contribution in [0.1, 0.15) is 30.6 Å². The minimum Gasteiger partial charge on any atom is -0.388 e. The van der Waals surface area contributed by atoms with Gasteiger partial charge >= 0.3 is 0 Å². The first kappa shape index (κ1) is 9.47. The Morgan fingerprint density at radius 3 is 2.93 bits per heavy atom. The number of benzene rings is 1. The Balaban J connectivity index is 2.17. The van der Waals surface area contributed by atoms with Crippen LogP contribution in [0.3, 0.4) is 0 Å². The molecule has 1 heteroatoms. The molecule has 0 fully saturated rings. The van der Waals surface area contributed by atoms with Crippen molar-refractivity contribution in [2.24, 2.45) is 5.92 Å². The number of rotatable bonds is 2. The highest BCUT2D eigenvalue weighted by molar-refractivity contribution is 5.34. The van der Waals surface area contributed by atoms with Crippen molar-refractivity contribution in [1.82, 2.24) is 0 Å². The summed E-state index contributed by atoms with van der Waals surface area (Å²) >= 11 is 0. The van der Waals surface area contributed by atoms with E-state index in [1.54, 1.807) is 0 Å². The lowest BCUT2D eigenvalue weighted by atomic mass is 9.99. The standard InChI is InChI=1S/C13H16O/c1-2-3-6-11-9-10-7-4-5-8-12(10)13(11)14/h2-5,7-8,11,13-14H,6,9H2,1H3. The molecule has 2 rings (SSSR count). The molecule has 0 saturated heterocycles. The molecule has 0 amide bonds. The number of fused-ring (bicyclic) bond motifs is 1. The predicted octanol–water partition coefficient (Wildman–Crippen LogP) is 2.86. The first-order chi connectivity index (χ1) is 6.83. The van der Waals surface area contributed by atoms with Gasteiger partial charge in [-0.25, -0.2) is 0 Å². The molecule has 0 saturated carbocycles. The van der Waals surface area contributed by atoms with Gasteiger partial charge in [0.1, 0.15) is 0 Å². The molecule has 0 aromatic heterocycles. The van der Waals surface area contributed by atoms with Crippen LogP contribution in [-0.2, 0) is 6.42 Å². The van der Waals surface area contributed by atoms with Crippen LogP contribution >= 0.6 is 0 Å². The normalized spacial score (nSPS) is 25.6. The third-order valence-electron chi connectivity index (χ3n) is 2.98. The van der Waals surface area contributed by atoms with Crippen molar-refractivity contribution in [3.63, 3.8) is 0 Å². The van der Waals surface area contributed by atoms with E-state index in [1.165, 1.54) is 5.56 Å². The van der Waals surface area contributed by atoms with Gasteiger partial charge in [0, 0.05) is 0 Å². The summed E-state index contributed by atoms with van der Waals surface area (Å²) in [5.41, 5.74) is 2.44. The fourth-order valence-corrected chi connectivity index (χ4v) is 2.18. The van der Waals surface area contributed by atoms with E-state index in [4.69, 9.17) is 0 Å². The molecule has 1 N–H and O–H groups in total. The van der Waals surface area contributed by atoms with Crippen molar-refractivity contribution >= 4 is 0 Å². The molecule has 2 atom stereocenters. The summed E-state index contributed by atoms with van der Waals surface area (Å²) in [7, 11) is 0. The van der Waals surface area contributed by atoms with E-state index >= 15 is 0 Å². The zero-order valence-corrected chi connectivity index (χ0v) is 8.48. The molecule has 0 bridgehead atoms. The van der Waals surface area contributed by atoms with Gasteiger partial charge in [-0.3, -0.25) is 0 Å². The number of aliphatic hydroxyl groups is 1. The van der Waals surface area contributed by atoms with E-state index in [1.807, 2.05) is 25.1 Å². The fourth-order valence-electron chi connectivity index (χ4n) is 2.18. The van der Waals surface area contributed by atoms with Crippen molar-refractivity contribution in [2.45, 2.75) is 25.9 Å². The summed E-state index contributed by atoms with van der Waals surface area (Å²) in [6, 6.07) is 8.20. The van der Waals surface area contributed by atoms with Crippen LogP contribution in [0, 0.1) is 5.92 Å². The topological polar surface area (TPSA) is 20.2 Å². The second kappa shape index (κ2) is 3.97. The summed E-state index contributed by atoms with van der Waals surface area (Å²) in [6.07, 6.45) is 5.92. The van der Waals surface area contributed by atoms with Crippen molar-refractivity contribution in [1.29, 1.82) is 0 Å². The monoisotopic (exact) mass is 188 g/mol. The molecule has 1 nitrogen and oxygen atoms in total. The Morgan fingerprint density at radius 2 is 2.21 bits per heavy atom. The Morgan fingerprint density at radius 1 is 1.43 bits per heavy atom. The summed E-state index contributed by atoms with van der Waals surface area (Å²) in [6.45, 7) is 2.02. The van der Waals surface area contributed by atoms with Crippen LogP contribution in [0.5, 0.6) is 0 Å². The Hall–Kier alpha value is -1.08. The van der Waals surface area contributed by atoms with Gasteiger partial charge in [0.25, 0.3) is 0 Å². The highest BCUT2D eigenvalue weighted by atomic mass is 16.3. The van der Waals surface area contributed by atoms with Crippen LogP contribution in [0.25, 0.3) is 0 Å². The van der Waals surface area contributed by atoms with E-state index < -0.39 is 0 Å². The largest absolute Gasteiger partial charge is 0.388 e. The summed E-state index contributed by atoms with van der Waals surface area (Å²) in [4.78, 5) is 0. The minimum atomic E-state index is -0.262. The summed E-state index contributed by atoms with van der Waals surface area (Å²) < 4.78 is 0. The van der Waals surface area contributed by atoms with Gasteiger partial charge in [0.15, 0.2) is 0 Å². The van der Waals surface area contributed by atoms with E-state index in [2.05, 4.69) is 18.2 Å². The lowest BCUT2D eigenvalue weighted by molar-refractivity contribution is 0.125. The molecule has 74 valence electrons. The van der Waals surface area contributed by atoms with Crippen LogP contribution < -0.4 is 0 Å². The molecule has 1 aliphatic carbocycles. The molecular formula is C13H16O. The average molecular weight is 188 g/mol. The van der Waals surface area contributed by atoms with Gasteiger partial charge < -0.3 is 5.11 Å². The van der Waals surface area contributed by atoms with E-state index in [9.17, 15) is 5.11 Å². The third kappa shape index (κ3) is 1.60. The summed E-state index contributed by atoms with van der Waals surface area (Å²) in [5.74, 6) is 0.378. The van der Waals surface area contributed by atoms with Gasteiger partial charge in [-0.05, 0) is 36.8 Å². The molecule has 0 aliphatic heterocycles. The lowest BCUT2D eigenvalue weighted by Gasteiger charge is -2.12. The SMILES string of the molecule is CC=CCC1Cc2ccccc2C1O. The van der Waals surface area contributed by atoms with Crippen molar-refractivity contribution < 1.29 is 5.11 Å². The molecule has 0 spiro atoms. The second-order valence-electron chi connectivity index (χ2n) is 3.91. The smallest absolute Gasteiger partial charge is 0.0827 e. The number of hydrogen-bond acceptors (Lipinski definition) is 1. The second-order valence-corrected chi connectivity index (χ2v) is 3.91. The Labute approximate surface area is 85.1 Å². The van der Waals surface area contributed by atoms with Crippen molar-refractivity contribution in [2.75, 3.05) is 0 Å². The Bertz CT molecular complexity index is 341. The minimum absolute atomic E-state index is 0.262. The number of allylic oxidation sites excluding steroid dienone is 2. The van der Waals surface area contributed by atoms with Crippen LogP contribution in [0.2, 0.25) is 0 Å². The van der Waals surface area contributed by atoms with Crippen LogP contribution in [0.4, 0.5) is 0 Å². The maximum atomic E-state index is 10.0. The molecule has 1 aliphatic rings. The summed E-state index contributed by atoms with van der Waals surface area (Å²) in [5, 5.41) is 10.0. The average Bonchev–Trinajstić information content (AvgIpc) is 2.54. The zero-order chi connectivity index (χ0) is 9.97. The van der Waals surface area contributed by atoms with Crippen LogP contribution in [0.15, 0.2) is 36.4 Å². The molecule has 0 radical (unpaired) electrons. The quantitative estimate of drug-likeness (QED) is 0.707. The number of hydrogen-bond donors (Lipinski definition) is 1. The first-order valence-electron chi connectivity index (χ1n) is 5.20. The Kier molecular flexibility index (Phi) is 2.69. The highest BCUT2D eigenvalue weighted by Gasteiger charge is 2.29. The molecule has 2 unspecified atom stereocenters. The number of aliphatic hydroxyl groups excluding tert-OH is 1.